The number of anilines is 1. The fourth-order valence-electron chi connectivity index (χ4n) is 3.89. The van der Waals surface area contributed by atoms with Gasteiger partial charge in [0.15, 0.2) is 0 Å². The van der Waals surface area contributed by atoms with Crippen molar-refractivity contribution < 1.29 is 13.2 Å². The van der Waals surface area contributed by atoms with E-state index in [1.54, 1.807) is 24.5 Å². The standard InChI is InChI=1S/C22H25N5O3S/c1-16(28)25-18-6-8-19(9-7-18)31(29,30)24-14-15-27-21-5-3-2-4-20(21)22(26-27)17-10-12-23-13-11-17/h6-13,24H,2-5,14-15H2,1H3,(H,25,28). The average molecular weight is 440 g/mol. The van der Waals surface area contributed by atoms with Crippen molar-refractivity contribution in [1.82, 2.24) is 19.5 Å². The molecular weight excluding hydrogens is 414 g/mol. The van der Waals surface area contributed by atoms with Crippen LogP contribution in [-0.2, 0) is 34.2 Å². The van der Waals surface area contributed by atoms with E-state index in [0.717, 1.165) is 36.9 Å². The molecule has 0 saturated carbocycles. The number of hydrogen-bond donors (Lipinski definition) is 2. The molecule has 3 aromatic rings. The summed E-state index contributed by atoms with van der Waals surface area (Å²) in [6, 6.07) is 10.0. The van der Waals surface area contributed by atoms with E-state index in [0.29, 0.717) is 12.2 Å². The first-order valence-electron chi connectivity index (χ1n) is 10.3. The number of nitrogens with zero attached hydrogens (tertiary/aromatic N) is 3. The average Bonchev–Trinajstić information content (AvgIpc) is 3.13. The molecule has 9 heteroatoms. The van der Waals surface area contributed by atoms with E-state index in [2.05, 4.69) is 15.0 Å². The van der Waals surface area contributed by atoms with Gasteiger partial charge < -0.3 is 5.32 Å². The van der Waals surface area contributed by atoms with Gasteiger partial charge in [0.25, 0.3) is 0 Å². The van der Waals surface area contributed by atoms with Crippen LogP contribution in [0, 0.1) is 0 Å². The Bertz CT molecular complexity index is 1170. The fraction of sp³-hybridized carbons (Fsp3) is 0.318. The first-order valence-corrected chi connectivity index (χ1v) is 11.8. The Morgan fingerprint density at radius 3 is 2.48 bits per heavy atom. The minimum absolute atomic E-state index is 0.154. The summed E-state index contributed by atoms with van der Waals surface area (Å²) in [5.74, 6) is -0.206. The molecule has 0 unspecified atom stereocenters. The van der Waals surface area contributed by atoms with Crippen molar-refractivity contribution in [2.45, 2.75) is 44.0 Å². The molecule has 0 saturated heterocycles. The van der Waals surface area contributed by atoms with Crippen LogP contribution in [0.25, 0.3) is 11.3 Å². The molecule has 2 aromatic heterocycles. The van der Waals surface area contributed by atoms with Gasteiger partial charge in [-0.2, -0.15) is 5.10 Å². The Morgan fingerprint density at radius 1 is 1.06 bits per heavy atom. The number of benzene rings is 1. The normalized spacial score (nSPS) is 13.6. The van der Waals surface area contributed by atoms with Crippen LogP contribution in [-0.4, -0.2) is 35.6 Å². The number of carbonyl (C=O) groups excluding carboxylic acids is 1. The number of hydrogen-bond acceptors (Lipinski definition) is 5. The Balaban J connectivity index is 1.47. The minimum Gasteiger partial charge on any atom is -0.326 e. The molecule has 1 amide bonds. The van der Waals surface area contributed by atoms with Gasteiger partial charge in [-0.15, -0.1) is 0 Å². The lowest BCUT2D eigenvalue weighted by atomic mass is 9.94. The van der Waals surface area contributed by atoms with Crippen LogP contribution in [0.15, 0.2) is 53.7 Å². The van der Waals surface area contributed by atoms with Crippen molar-refractivity contribution in [1.29, 1.82) is 0 Å². The molecule has 0 spiro atoms. The largest absolute Gasteiger partial charge is 0.326 e. The van der Waals surface area contributed by atoms with E-state index >= 15 is 0 Å². The molecule has 0 fully saturated rings. The molecule has 162 valence electrons. The van der Waals surface area contributed by atoms with Crippen LogP contribution < -0.4 is 10.0 Å². The number of sulfonamides is 1. The fourth-order valence-corrected chi connectivity index (χ4v) is 4.91. The smallest absolute Gasteiger partial charge is 0.240 e. The number of amides is 1. The molecule has 0 aliphatic heterocycles. The summed E-state index contributed by atoms with van der Waals surface area (Å²) in [6.07, 6.45) is 7.70. The van der Waals surface area contributed by atoms with Gasteiger partial charge in [0.05, 0.1) is 17.1 Å². The van der Waals surface area contributed by atoms with E-state index in [-0.39, 0.29) is 17.3 Å². The maximum atomic E-state index is 12.6. The molecule has 4 rings (SSSR count). The molecule has 1 aromatic carbocycles. The summed E-state index contributed by atoms with van der Waals surface area (Å²) >= 11 is 0. The summed E-state index contributed by atoms with van der Waals surface area (Å²) in [5, 5.41) is 7.43. The lowest BCUT2D eigenvalue weighted by Gasteiger charge is -2.14. The highest BCUT2D eigenvalue weighted by Gasteiger charge is 2.22. The predicted molar refractivity (Wildman–Crippen MR) is 118 cm³/mol. The molecule has 8 nitrogen and oxygen atoms in total. The Morgan fingerprint density at radius 2 is 1.77 bits per heavy atom. The molecule has 1 aliphatic carbocycles. The lowest BCUT2D eigenvalue weighted by Crippen LogP contribution is -2.28. The van der Waals surface area contributed by atoms with Gasteiger partial charge in [0.2, 0.25) is 15.9 Å². The highest BCUT2D eigenvalue weighted by molar-refractivity contribution is 7.89. The number of rotatable bonds is 7. The van der Waals surface area contributed by atoms with Gasteiger partial charge in [0.1, 0.15) is 0 Å². The van der Waals surface area contributed by atoms with Crippen molar-refractivity contribution >= 4 is 21.6 Å². The summed E-state index contributed by atoms with van der Waals surface area (Å²) in [4.78, 5) is 15.3. The monoisotopic (exact) mass is 439 g/mol. The third-order valence-corrected chi connectivity index (χ3v) is 6.79. The van der Waals surface area contributed by atoms with Gasteiger partial charge in [0, 0.05) is 48.4 Å². The molecule has 2 N–H and O–H groups in total. The minimum atomic E-state index is -3.65. The van der Waals surface area contributed by atoms with Crippen molar-refractivity contribution in [3.05, 3.63) is 60.0 Å². The van der Waals surface area contributed by atoms with Crippen molar-refractivity contribution in [2.75, 3.05) is 11.9 Å². The summed E-state index contributed by atoms with van der Waals surface area (Å²) in [5.41, 5.74) is 5.00. The van der Waals surface area contributed by atoms with Crippen LogP contribution >= 0.6 is 0 Å². The third kappa shape index (κ3) is 4.83. The highest BCUT2D eigenvalue weighted by Crippen LogP contribution is 2.30. The molecule has 0 bridgehead atoms. The van der Waals surface area contributed by atoms with Gasteiger partial charge in [-0.25, -0.2) is 13.1 Å². The lowest BCUT2D eigenvalue weighted by molar-refractivity contribution is -0.114. The number of pyridine rings is 1. The molecule has 2 heterocycles. The van der Waals surface area contributed by atoms with Gasteiger partial charge in [-0.1, -0.05) is 0 Å². The van der Waals surface area contributed by atoms with E-state index < -0.39 is 10.0 Å². The molecule has 0 radical (unpaired) electrons. The van der Waals surface area contributed by atoms with E-state index in [1.165, 1.54) is 30.3 Å². The Labute approximate surface area is 181 Å². The number of nitrogens with one attached hydrogen (secondary N) is 2. The predicted octanol–water partition coefficient (Wildman–Crippen LogP) is 2.76. The topological polar surface area (TPSA) is 106 Å². The van der Waals surface area contributed by atoms with E-state index in [1.807, 2.05) is 16.8 Å². The third-order valence-electron chi connectivity index (χ3n) is 5.31. The number of aromatic nitrogens is 3. The molecule has 1 aliphatic rings. The summed E-state index contributed by atoms with van der Waals surface area (Å²) in [6.45, 7) is 2.09. The van der Waals surface area contributed by atoms with Crippen LogP contribution in [0.2, 0.25) is 0 Å². The van der Waals surface area contributed by atoms with Crippen LogP contribution in [0.3, 0.4) is 0 Å². The molecule has 0 atom stereocenters. The number of carbonyl (C=O) groups is 1. The first-order chi connectivity index (χ1) is 14.9. The molecule has 31 heavy (non-hydrogen) atoms. The van der Waals surface area contributed by atoms with Gasteiger partial charge in [-0.3, -0.25) is 14.5 Å². The number of fused-ring (bicyclic) bond motifs is 1. The first kappa shape index (κ1) is 21.2. The van der Waals surface area contributed by atoms with Gasteiger partial charge in [-0.05, 0) is 62.1 Å². The quantitative estimate of drug-likeness (QED) is 0.589. The van der Waals surface area contributed by atoms with E-state index in [9.17, 15) is 13.2 Å². The maximum absolute atomic E-state index is 12.6. The van der Waals surface area contributed by atoms with Crippen molar-refractivity contribution in [3.8, 4) is 11.3 Å². The second-order valence-electron chi connectivity index (χ2n) is 7.54. The van der Waals surface area contributed by atoms with Crippen LogP contribution in [0.1, 0.15) is 31.0 Å². The second-order valence-corrected chi connectivity index (χ2v) is 9.31. The summed E-state index contributed by atoms with van der Waals surface area (Å²) in [7, 11) is -3.65. The van der Waals surface area contributed by atoms with Crippen LogP contribution in [0.4, 0.5) is 5.69 Å². The van der Waals surface area contributed by atoms with Crippen molar-refractivity contribution in [2.24, 2.45) is 0 Å². The maximum Gasteiger partial charge on any atom is 0.240 e. The zero-order valence-electron chi connectivity index (χ0n) is 17.3. The van der Waals surface area contributed by atoms with Crippen molar-refractivity contribution in [3.63, 3.8) is 0 Å². The highest BCUT2D eigenvalue weighted by atomic mass is 32.2. The van der Waals surface area contributed by atoms with Gasteiger partial charge >= 0.3 is 0 Å². The summed E-state index contributed by atoms with van der Waals surface area (Å²) < 4.78 is 29.9. The zero-order chi connectivity index (χ0) is 21.8. The molecular formula is C22H25N5O3S. The zero-order valence-corrected chi connectivity index (χ0v) is 18.2. The van der Waals surface area contributed by atoms with E-state index in [4.69, 9.17) is 5.10 Å². The Hall–Kier alpha value is -3.04. The SMILES string of the molecule is CC(=O)Nc1ccc(S(=O)(=O)NCCn2nc(-c3ccncc3)c3c2CCCC3)cc1. The van der Waals surface area contributed by atoms with Crippen LogP contribution in [0.5, 0.6) is 0 Å². The second kappa shape index (κ2) is 8.99. The Kier molecular flexibility index (Phi) is 6.15.